The molecule has 1 N–H and O–H groups in total. The predicted molar refractivity (Wildman–Crippen MR) is 82.7 cm³/mol. The molecule has 0 radical (unpaired) electrons. The number of nitriles is 1. The number of benzene rings is 1. The Morgan fingerprint density at radius 3 is 2.24 bits per heavy atom. The first kappa shape index (κ1) is 17.0. The van der Waals surface area contributed by atoms with Crippen LogP contribution in [-0.2, 0) is 11.3 Å². The number of carbonyl (C=O) groups is 1. The Bertz CT molecular complexity index is 483. The summed E-state index contributed by atoms with van der Waals surface area (Å²) in [5, 5.41) is 12.3. The molecule has 1 rings (SSSR count). The van der Waals surface area contributed by atoms with Gasteiger partial charge in [0.25, 0.3) is 0 Å². The second-order valence-electron chi connectivity index (χ2n) is 5.22. The molecule has 0 spiro atoms. The minimum atomic E-state index is -0.893. The van der Waals surface area contributed by atoms with Crippen LogP contribution >= 0.6 is 0 Å². The Morgan fingerprint density at radius 2 is 1.81 bits per heavy atom. The number of rotatable bonds is 8. The van der Waals surface area contributed by atoms with Crippen molar-refractivity contribution in [3.63, 3.8) is 0 Å². The van der Waals surface area contributed by atoms with E-state index in [1.165, 1.54) is 0 Å². The highest BCUT2D eigenvalue weighted by molar-refractivity contribution is 5.85. The van der Waals surface area contributed by atoms with E-state index < -0.39 is 5.41 Å². The van der Waals surface area contributed by atoms with Gasteiger partial charge < -0.3 is 10.1 Å². The molecule has 4 nitrogen and oxygen atoms in total. The van der Waals surface area contributed by atoms with Crippen LogP contribution in [0.2, 0.25) is 0 Å². The van der Waals surface area contributed by atoms with E-state index >= 15 is 0 Å². The van der Waals surface area contributed by atoms with E-state index in [0.29, 0.717) is 19.4 Å². The van der Waals surface area contributed by atoms with Gasteiger partial charge in [0.15, 0.2) is 0 Å². The Morgan fingerprint density at radius 1 is 1.24 bits per heavy atom. The lowest BCUT2D eigenvalue weighted by Crippen LogP contribution is -2.39. The van der Waals surface area contributed by atoms with E-state index in [2.05, 4.69) is 11.4 Å². The third kappa shape index (κ3) is 4.49. The maximum Gasteiger partial charge on any atom is 0.240 e. The summed E-state index contributed by atoms with van der Waals surface area (Å²) < 4.78 is 5.10. The van der Waals surface area contributed by atoms with Crippen molar-refractivity contribution < 1.29 is 9.53 Å². The number of nitrogens with one attached hydrogen (secondary N) is 1. The van der Waals surface area contributed by atoms with E-state index in [4.69, 9.17) is 4.74 Å². The molecule has 0 aromatic heterocycles. The number of nitrogens with zero attached hydrogens (tertiary/aromatic N) is 1. The van der Waals surface area contributed by atoms with Crippen molar-refractivity contribution in [2.75, 3.05) is 7.11 Å². The average molecular weight is 288 g/mol. The number of hydrogen-bond acceptors (Lipinski definition) is 3. The maximum absolute atomic E-state index is 12.4. The Labute approximate surface area is 127 Å². The van der Waals surface area contributed by atoms with Gasteiger partial charge >= 0.3 is 0 Å². The second-order valence-corrected chi connectivity index (χ2v) is 5.22. The van der Waals surface area contributed by atoms with Crippen LogP contribution in [0.4, 0.5) is 0 Å². The molecular formula is C17H24N2O2. The van der Waals surface area contributed by atoms with E-state index in [1.54, 1.807) is 7.11 Å². The summed E-state index contributed by atoms with van der Waals surface area (Å²) in [5.41, 5.74) is 0.0969. The lowest BCUT2D eigenvalue weighted by molar-refractivity contribution is -0.129. The molecule has 0 heterocycles. The fraction of sp³-hybridized carbons (Fsp3) is 0.529. The standard InChI is InChI=1S/C17H24N2O2/c1-4-10-17(13-18,11-5-2)16(20)19-12-14-6-8-15(21-3)9-7-14/h6-9H,4-5,10-12H2,1-3H3,(H,19,20). The van der Waals surface area contributed by atoms with Crippen LogP contribution in [0, 0.1) is 16.7 Å². The third-order valence-corrected chi connectivity index (χ3v) is 3.61. The SMILES string of the molecule is CCCC(C#N)(CCC)C(=O)NCc1ccc(OC)cc1. The third-order valence-electron chi connectivity index (χ3n) is 3.61. The fourth-order valence-corrected chi connectivity index (χ4v) is 2.46. The molecule has 114 valence electrons. The Balaban J connectivity index is 2.70. The molecule has 21 heavy (non-hydrogen) atoms. The van der Waals surface area contributed by atoms with Gasteiger partial charge in [-0.1, -0.05) is 38.8 Å². The van der Waals surface area contributed by atoms with Crippen LogP contribution in [0.25, 0.3) is 0 Å². The lowest BCUT2D eigenvalue weighted by Gasteiger charge is -2.24. The highest BCUT2D eigenvalue weighted by Gasteiger charge is 2.36. The van der Waals surface area contributed by atoms with Gasteiger partial charge in [0, 0.05) is 6.54 Å². The van der Waals surface area contributed by atoms with Crippen molar-refractivity contribution in [2.24, 2.45) is 5.41 Å². The number of carbonyl (C=O) groups excluding carboxylic acids is 1. The largest absolute Gasteiger partial charge is 0.497 e. The molecule has 0 aliphatic carbocycles. The van der Waals surface area contributed by atoms with Gasteiger partial charge in [0.1, 0.15) is 11.2 Å². The van der Waals surface area contributed by atoms with E-state index in [1.807, 2.05) is 38.1 Å². The van der Waals surface area contributed by atoms with Gasteiger partial charge in [-0.15, -0.1) is 0 Å². The number of ether oxygens (including phenoxy) is 1. The molecule has 0 aliphatic heterocycles. The molecule has 0 bridgehead atoms. The summed E-state index contributed by atoms with van der Waals surface area (Å²) in [6, 6.07) is 9.78. The average Bonchev–Trinajstić information content (AvgIpc) is 2.52. The minimum absolute atomic E-state index is 0.162. The molecule has 0 atom stereocenters. The Kier molecular flexibility index (Phi) is 6.74. The van der Waals surface area contributed by atoms with Crippen LogP contribution in [0.5, 0.6) is 5.75 Å². The smallest absolute Gasteiger partial charge is 0.240 e. The molecule has 1 aromatic rings. The zero-order chi connectivity index (χ0) is 15.7. The van der Waals surface area contributed by atoms with Crippen LogP contribution < -0.4 is 10.1 Å². The van der Waals surface area contributed by atoms with Crippen LogP contribution in [-0.4, -0.2) is 13.0 Å². The van der Waals surface area contributed by atoms with Crippen LogP contribution in [0.3, 0.4) is 0 Å². The summed E-state index contributed by atoms with van der Waals surface area (Å²) in [5.74, 6) is 0.623. The van der Waals surface area contributed by atoms with Crippen LogP contribution in [0.15, 0.2) is 24.3 Å². The van der Waals surface area contributed by atoms with Crippen molar-refractivity contribution in [1.29, 1.82) is 5.26 Å². The predicted octanol–water partition coefficient (Wildman–Crippen LogP) is 3.42. The van der Waals surface area contributed by atoms with Crippen molar-refractivity contribution >= 4 is 5.91 Å². The first-order valence-corrected chi connectivity index (χ1v) is 7.44. The zero-order valence-corrected chi connectivity index (χ0v) is 13.1. The molecule has 4 heteroatoms. The number of methoxy groups -OCH3 is 1. The molecule has 1 aromatic carbocycles. The summed E-state index contributed by atoms with van der Waals surface area (Å²) in [4.78, 5) is 12.4. The lowest BCUT2D eigenvalue weighted by atomic mass is 9.79. The monoisotopic (exact) mass is 288 g/mol. The highest BCUT2D eigenvalue weighted by atomic mass is 16.5. The second kappa shape index (κ2) is 8.31. The van der Waals surface area contributed by atoms with Gasteiger partial charge in [-0.3, -0.25) is 4.79 Å². The molecule has 0 saturated carbocycles. The molecule has 0 aliphatic rings. The van der Waals surface area contributed by atoms with Crippen molar-refractivity contribution in [1.82, 2.24) is 5.32 Å². The number of hydrogen-bond donors (Lipinski definition) is 1. The van der Waals surface area contributed by atoms with Crippen molar-refractivity contribution in [2.45, 2.75) is 46.1 Å². The van der Waals surface area contributed by atoms with Crippen molar-refractivity contribution in [3.8, 4) is 11.8 Å². The topological polar surface area (TPSA) is 62.1 Å². The first-order chi connectivity index (χ1) is 10.1. The van der Waals surface area contributed by atoms with E-state index in [0.717, 1.165) is 24.2 Å². The highest BCUT2D eigenvalue weighted by Crippen LogP contribution is 2.29. The Hall–Kier alpha value is -2.02. The minimum Gasteiger partial charge on any atom is -0.497 e. The van der Waals surface area contributed by atoms with Gasteiger partial charge in [-0.05, 0) is 30.5 Å². The van der Waals surface area contributed by atoms with Gasteiger partial charge in [0.05, 0.1) is 13.2 Å². The molecular weight excluding hydrogens is 264 g/mol. The maximum atomic E-state index is 12.4. The van der Waals surface area contributed by atoms with Gasteiger partial charge in [-0.2, -0.15) is 5.26 Å². The molecule has 0 fully saturated rings. The van der Waals surface area contributed by atoms with Crippen molar-refractivity contribution in [3.05, 3.63) is 29.8 Å². The van der Waals surface area contributed by atoms with Gasteiger partial charge in [-0.25, -0.2) is 0 Å². The van der Waals surface area contributed by atoms with Crippen LogP contribution in [0.1, 0.15) is 45.1 Å². The van der Waals surface area contributed by atoms with Gasteiger partial charge in [0.2, 0.25) is 5.91 Å². The summed E-state index contributed by atoms with van der Waals surface area (Å²) in [6.07, 6.45) is 2.85. The molecule has 1 amide bonds. The fourth-order valence-electron chi connectivity index (χ4n) is 2.46. The summed E-state index contributed by atoms with van der Waals surface area (Å²) in [7, 11) is 1.62. The normalized spacial score (nSPS) is 10.8. The first-order valence-electron chi connectivity index (χ1n) is 7.44. The molecule has 0 saturated heterocycles. The van der Waals surface area contributed by atoms with E-state index in [-0.39, 0.29) is 5.91 Å². The number of amides is 1. The summed E-state index contributed by atoms with van der Waals surface area (Å²) >= 11 is 0. The zero-order valence-electron chi connectivity index (χ0n) is 13.1. The summed E-state index contributed by atoms with van der Waals surface area (Å²) in [6.45, 7) is 4.43. The quantitative estimate of drug-likeness (QED) is 0.797. The molecule has 0 unspecified atom stereocenters. The van der Waals surface area contributed by atoms with E-state index in [9.17, 15) is 10.1 Å².